The van der Waals surface area contributed by atoms with E-state index >= 15 is 0 Å². The summed E-state index contributed by atoms with van der Waals surface area (Å²) in [6.07, 6.45) is 2.64. The van der Waals surface area contributed by atoms with Crippen LogP contribution in [0.4, 0.5) is 0 Å². The molecule has 202 valence electrons. The fourth-order valence-corrected chi connectivity index (χ4v) is 6.41. The first-order valence-electron chi connectivity index (χ1n) is 13.2. The van der Waals surface area contributed by atoms with E-state index in [9.17, 15) is 24.0 Å². The molecule has 2 aliphatic carbocycles. The van der Waals surface area contributed by atoms with E-state index in [1.807, 2.05) is 0 Å². The Kier molecular flexibility index (Phi) is 6.72. The van der Waals surface area contributed by atoms with E-state index in [1.165, 1.54) is 48.5 Å². The monoisotopic (exact) mass is 556 g/mol. The number of rotatable bonds is 7. The summed E-state index contributed by atoms with van der Waals surface area (Å²) in [5.74, 6) is -2.88. The molecule has 0 spiro atoms. The van der Waals surface area contributed by atoms with E-state index in [0.717, 1.165) is 29.3 Å². The number of hydrazine groups is 1. The zero-order chi connectivity index (χ0) is 28.0. The molecule has 1 heterocycles. The molecule has 40 heavy (non-hydrogen) atoms. The van der Waals surface area contributed by atoms with Gasteiger partial charge in [0.1, 0.15) is 12.3 Å². The minimum atomic E-state index is -0.646. The first-order chi connectivity index (χ1) is 19.3. The van der Waals surface area contributed by atoms with Crippen LogP contribution in [0.1, 0.15) is 50.3 Å². The number of carbonyl (C=O) groups is 5. The van der Waals surface area contributed by atoms with E-state index in [4.69, 9.17) is 16.3 Å². The number of carbonyl (C=O) groups excluding carboxylic acids is 5. The second-order valence-corrected chi connectivity index (χ2v) is 10.9. The topological polar surface area (TPSA) is 101 Å². The van der Waals surface area contributed by atoms with E-state index in [-0.39, 0.29) is 28.7 Å². The van der Waals surface area contributed by atoms with Gasteiger partial charge in [0.2, 0.25) is 0 Å². The van der Waals surface area contributed by atoms with Crippen LogP contribution < -0.4 is 4.74 Å². The number of halogens is 1. The number of amides is 3. The second-order valence-electron chi connectivity index (χ2n) is 10.4. The first kappa shape index (κ1) is 26.0. The Balaban J connectivity index is 1.24. The normalized spacial score (nSPS) is 22.8. The molecule has 3 amide bonds. The fraction of sp³-hybridized carbons (Fsp3) is 0.258. The number of ketones is 1. The average molecular weight is 557 g/mol. The van der Waals surface area contributed by atoms with Crippen LogP contribution in [0.2, 0.25) is 5.02 Å². The van der Waals surface area contributed by atoms with Gasteiger partial charge in [0.15, 0.2) is 5.78 Å². The summed E-state index contributed by atoms with van der Waals surface area (Å²) in [6.45, 7) is -0.517. The molecule has 0 unspecified atom stereocenters. The molecule has 0 aromatic heterocycles. The molecular weight excluding hydrogens is 532 g/mol. The van der Waals surface area contributed by atoms with E-state index in [0.29, 0.717) is 10.6 Å². The Labute approximate surface area is 235 Å². The molecule has 9 heteroatoms. The van der Waals surface area contributed by atoms with Gasteiger partial charge in [-0.15, -0.1) is 0 Å². The maximum absolute atomic E-state index is 13.6. The van der Waals surface area contributed by atoms with E-state index in [2.05, 4.69) is 0 Å². The summed E-state index contributed by atoms with van der Waals surface area (Å²) < 4.78 is 5.38. The molecule has 6 rings (SSSR count). The van der Waals surface area contributed by atoms with Crippen LogP contribution in [0.5, 0.6) is 5.75 Å². The Bertz CT molecular complexity index is 1480. The van der Waals surface area contributed by atoms with Gasteiger partial charge in [-0.3, -0.25) is 19.2 Å². The summed E-state index contributed by atoms with van der Waals surface area (Å²) in [4.78, 5) is 66.4. The van der Waals surface area contributed by atoms with Crippen LogP contribution >= 0.6 is 11.6 Å². The second kappa shape index (κ2) is 10.4. The van der Waals surface area contributed by atoms with Crippen LogP contribution in [-0.2, 0) is 9.59 Å². The van der Waals surface area contributed by atoms with Gasteiger partial charge in [-0.25, -0.2) is 9.80 Å². The minimum absolute atomic E-state index is 0.130. The Morgan fingerprint density at radius 2 is 1.35 bits per heavy atom. The predicted octanol–water partition coefficient (Wildman–Crippen LogP) is 4.83. The molecule has 0 N–H and O–H groups in total. The van der Waals surface area contributed by atoms with Gasteiger partial charge in [-0.05, 0) is 91.8 Å². The van der Waals surface area contributed by atoms with Gasteiger partial charge >= 0.3 is 5.97 Å². The highest BCUT2D eigenvalue weighted by Gasteiger charge is 2.62. The van der Waals surface area contributed by atoms with Gasteiger partial charge in [-0.2, -0.15) is 5.01 Å². The molecule has 1 saturated heterocycles. The van der Waals surface area contributed by atoms with Crippen molar-refractivity contribution in [1.29, 1.82) is 0 Å². The molecule has 3 fully saturated rings. The quantitative estimate of drug-likeness (QED) is 0.179. The number of Topliss-reactive ketones (excluding diaryl/α,β-unsaturated/α-hetero) is 1. The number of esters is 1. The van der Waals surface area contributed by atoms with Gasteiger partial charge in [0, 0.05) is 16.1 Å². The Hall–Kier alpha value is -4.30. The number of ether oxygens (including phenoxy) is 1. The lowest BCUT2D eigenvalue weighted by Crippen LogP contribution is -2.52. The maximum atomic E-state index is 13.6. The summed E-state index contributed by atoms with van der Waals surface area (Å²) in [7, 11) is 0. The molecule has 0 radical (unpaired) electrons. The number of fused-ring (bicyclic) bond motifs is 5. The third kappa shape index (κ3) is 4.58. The highest BCUT2D eigenvalue weighted by molar-refractivity contribution is 6.30. The van der Waals surface area contributed by atoms with Crippen molar-refractivity contribution in [3.05, 3.63) is 101 Å². The number of benzene rings is 3. The van der Waals surface area contributed by atoms with E-state index < -0.39 is 47.9 Å². The number of imide groups is 1. The van der Waals surface area contributed by atoms with Crippen molar-refractivity contribution in [2.75, 3.05) is 6.54 Å². The van der Waals surface area contributed by atoms with Crippen molar-refractivity contribution in [3.63, 3.8) is 0 Å². The van der Waals surface area contributed by atoms with Gasteiger partial charge < -0.3 is 4.74 Å². The summed E-state index contributed by atoms with van der Waals surface area (Å²) in [5, 5.41) is 2.30. The van der Waals surface area contributed by atoms with Gasteiger partial charge in [0.05, 0.1) is 17.4 Å². The van der Waals surface area contributed by atoms with E-state index in [1.54, 1.807) is 30.3 Å². The highest BCUT2D eigenvalue weighted by atomic mass is 35.5. The standard InChI is InChI=1S/C31H25ClN2O6/c32-23-12-8-19(9-13-23)28(36)33(34-29(37)26-21-6-7-22(16-21)27(26)30(34)38)17-25(35)18-10-14-24(15-11-18)40-31(39)20-4-2-1-3-5-20/h1-5,8-15,21-22,26-27H,6-7,16-17H2/t21-,22-,26-,27+/m0/s1. The zero-order valence-electron chi connectivity index (χ0n) is 21.4. The third-order valence-electron chi connectivity index (χ3n) is 8.16. The highest BCUT2D eigenvalue weighted by Crippen LogP contribution is 2.56. The maximum Gasteiger partial charge on any atom is 0.343 e. The molecule has 3 aromatic carbocycles. The van der Waals surface area contributed by atoms with Crippen LogP contribution in [0.25, 0.3) is 0 Å². The lowest BCUT2D eigenvalue weighted by Gasteiger charge is -2.30. The van der Waals surface area contributed by atoms with Crippen LogP contribution in [0.15, 0.2) is 78.9 Å². The number of nitrogens with zero attached hydrogens (tertiary/aromatic N) is 2. The first-order valence-corrected chi connectivity index (χ1v) is 13.6. The Morgan fingerprint density at radius 3 is 1.95 bits per heavy atom. The molecule has 2 bridgehead atoms. The lowest BCUT2D eigenvalue weighted by molar-refractivity contribution is -0.155. The van der Waals surface area contributed by atoms with Crippen molar-refractivity contribution < 1.29 is 28.7 Å². The molecule has 8 nitrogen and oxygen atoms in total. The fourth-order valence-electron chi connectivity index (χ4n) is 6.28. The van der Waals surface area contributed by atoms with Gasteiger partial charge in [-0.1, -0.05) is 29.8 Å². The van der Waals surface area contributed by atoms with Crippen molar-refractivity contribution >= 4 is 41.1 Å². The van der Waals surface area contributed by atoms with Gasteiger partial charge in [0.25, 0.3) is 17.7 Å². The largest absolute Gasteiger partial charge is 0.423 e. The zero-order valence-corrected chi connectivity index (χ0v) is 22.1. The average Bonchev–Trinajstić information content (AvgIpc) is 3.66. The van der Waals surface area contributed by atoms with Crippen LogP contribution in [0, 0.1) is 23.7 Å². The van der Waals surface area contributed by atoms with Crippen LogP contribution in [0.3, 0.4) is 0 Å². The predicted molar refractivity (Wildman–Crippen MR) is 144 cm³/mol. The minimum Gasteiger partial charge on any atom is -0.423 e. The molecule has 2 saturated carbocycles. The molecule has 4 atom stereocenters. The summed E-state index contributed by atoms with van der Waals surface area (Å²) >= 11 is 5.99. The van der Waals surface area contributed by atoms with Crippen molar-refractivity contribution in [1.82, 2.24) is 10.0 Å². The number of hydrogen-bond donors (Lipinski definition) is 0. The smallest absolute Gasteiger partial charge is 0.343 e. The van der Waals surface area contributed by atoms with Crippen molar-refractivity contribution in [3.8, 4) is 5.75 Å². The molecular formula is C31H25ClN2O6. The van der Waals surface area contributed by atoms with Crippen molar-refractivity contribution in [2.24, 2.45) is 23.7 Å². The summed E-state index contributed by atoms with van der Waals surface area (Å²) in [5.41, 5.74) is 0.811. The molecule has 3 aromatic rings. The SMILES string of the molecule is O=C(CN(C(=O)c1ccc(Cl)cc1)N1C(=O)[C@@H]2[C@H]3CC[C@@H](C3)[C@@H]2C1=O)c1ccc(OC(=O)c2ccccc2)cc1. The number of hydrogen-bond acceptors (Lipinski definition) is 6. The molecule has 3 aliphatic rings. The van der Waals surface area contributed by atoms with Crippen LogP contribution in [-0.4, -0.2) is 46.0 Å². The Morgan fingerprint density at radius 1 is 0.775 bits per heavy atom. The summed E-state index contributed by atoms with van der Waals surface area (Å²) in [6, 6.07) is 20.5. The third-order valence-corrected chi connectivity index (χ3v) is 8.41. The molecule has 1 aliphatic heterocycles. The lowest BCUT2D eigenvalue weighted by atomic mass is 9.81. The van der Waals surface area contributed by atoms with Crippen molar-refractivity contribution in [2.45, 2.75) is 19.3 Å².